The Kier molecular flexibility index (Phi) is 4.59. The van der Waals surface area contributed by atoms with Crippen molar-refractivity contribution in [3.63, 3.8) is 0 Å². The van der Waals surface area contributed by atoms with Crippen LogP contribution >= 0.6 is 11.3 Å². The predicted molar refractivity (Wildman–Crippen MR) is 82.5 cm³/mol. The Morgan fingerprint density at radius 1 is 1.19 bits per heavy atom. The molecule has 0 aliphatic carbocycles. The lowest BCUT2D eigenvalue weighted by Crippen LogP contribution is -2.04. The molecule has 2 rings (SSSR count). The molecule has 0 atom stereocenters. The van der Waals surface area contributed by atoms with Crippen LogP contribution in [0.5, 0.6) is 0 Å². The number of anilines is 1. The second-order valence-electron chi connectivity index (χ2n) is 4.28. The van der Waals surface area contributed by atoms with Gasteiger partial charge in [-0.2, -0.15) is 0 Å². The highest BCUT2D eigenvalue weighted by atomic mass is 32.2. The van der Waals surface area contributed by atoms with Crippen molar-refractivity contribution in [2.75, 3.05) is 11.1 Å². The SMILES string of the molecule is CCS(=O)(=O)c1ccc(NCc2ccc([N+](=O)[O-])s2)cc1. The van der Waals surface area contributed by atoms with Crippen LogP contribution in [0.2, 0.25) is 0 Å². The van der Waals surface area contributed by atoms with Crippen LogP contribution in [0.4, 0.5) is 10.7 Å². The summed E-state index contributed by atoms with van der Waals surface area (Å²) in [4.78, 5) is 11.3. The van der Waals surface area contributed by atoms with E-state index in [1.54, 1.807) is 37.3 Å². The normalized spacial score (nSPS) is 11.3. The van der Waals surface area contributed by atoms with Crippen LogP contribution < -0.4 is 5.32 Å². The molecule has 8 heteroatoms. The van der Waals surface area contributed by atoms with E-state index in [1.165, 1.54) is 6.07 Å². The van der Waals surface area contributed by atoms with E-state index in [9.17, 15) is 18.5 Å². The fraction of sp³-hybridized carbons (Fsp3) is 0.231. The number of thiophene rings is 1. The van der Waals surface area contributed by atoms with Crippen LogP contribution in [-0.4, -0.2) is 19.1 Å². The minimum atomic E-state index is -3.19. The van der Waals surface area contributed by atoms with Gasteiger partial charge in [0, 0.05) is 23.2 Å². The zero-order valence-corrected chi connectivity index (χ0v) is 12.9. The summed E-state index contributed by atoms with van der Waals surface area (Å²) in [5, 5.41) is 13.8. The van der Waals surface area contributed by atoms with Crippen molar-refractivity contribution in [3.05, 3.63) is 51.4 Å². The maximum absolute atomic E-state index is 11.7. The minimum absolute atomic E-state index is 0.0681. The molecule has 0 bridgehead atoms. The Hall–Kier alpha value is -1.93. The van der Waals surface area contributed by atoms with Crippen LogP contribution in [0.3, 0.4) is 0 Å². The van der Waals surface area contributed by atoms with Gasteiger partial charge in [-0.3, -0.25) is 10.1 Å². The average molecular weight is 326 g/mol. The maximum atomic E-state index is 11.7. The number of nitro groups is 1. The summed E-state index contributed by atoms with van der Waals surface area (Å²) in [6, 6.07) is 9.65. The van der Waals surface area contributed by atoms with Crippen molar-refractivity contribution in [2.24, 2.45) is 0 Å². The van der Waals surface area contributed by atoms with Crippen LogP contribution in [0.15, 0.2) is 41.3 Å². The lowest BCUT2D eigenvalue weighted by Gasteiger charge is -2.06. The highest BCUT2D eigenvalue weighted by Gasteiger charge is 2.11. The highest BCUT2D eigenvalue weighted by molar-refractivity contribution is 7.91. The van der Waals surface area contributed by atoms with E-state index in [4.69, 9.17) is 0 Å². The van der Waals surface area contributed by atoms with Crippen LogP contribution in [0.1, 0.15) is 11.8 Å². The lowest BCUT2D eigenvalue weighted by molar-refractivity contribution is -0.380. The molecule has 112 valence electrons. The molecule has 0 saturated carbocycles. The van der Waals surface area contributed by atoms with E-state index in [0.717, 1.165) is 21.9 Å². The molecule has 1 aromatic carbocycles. The van der Waals surface area contributed by atoms with E-state index in [1.807, 2.05) is 0 Å². The third kappa shape index (κ3) is 3.79. The molecule has 0 aliphatic rings. The van der Waals surface area contributed by atoms with Gasteiger partial charge in [-0.1, -0.05) is 18.3 Å². The Morgan fingerprint density at radius 3 is 2.38 bits per heavy atom. The van der Waals surface area contributed by atoms with Gasteiger partial charge in [0.1, 0.15) is 0 Å². The third-order valence-electron chi connectivity index (χ3n) is 2.89. The Bertz CT molecular complexity index is 736. The molecule has 6 nitrogen and oxygen atoms in total. The van der Waals surface area contributed by atoms with Crippen LogP contribution in [-0.2, 0) is 16.4 Å². The Morgan fingerprint density at radius 2 is 1.86 bits per heavy atom. The zero-order valence-electron chi connectivity index (χ0n) is 11.3. The molecule has 0 fully saturated rings. The Labute approximate surface area is 126 Å². The molecular formula is C13H14N2O4S2. The van der Waals surface area contributed by atoms with Gasteiger partial charge in [-0.25, -0.2) is 8.42 Å². The van der Waals surface area contributed by atoms with Crippen molar-refractivity contribution in [2.45, 2.75) is 18.4 Å². The third-order valence-corrected chi connectivity index (χ3v) is 5.68. The predicted octanol–water partition coefficient (Wildman–Crippen LogP) is 3.06. The first-order valence-corrected chi connectivity index (χ1v) is 8.69. The van der Waals surface area contributed by atoms with Gasteiger partial charge in [0.25, 0.3) is 0 Å². The Balaban J connectivity index is 2.02. The van der Waals surface area contributed by atoms with Crippen LogP contribution in [0.25, 0.3) is 0 Å². The molecule has 21 heavy (non-hydrogen) atoms. The summed E-state index contributed by atoms with van der Waals surface area (Å²) in [6.07, 6.45) is 0. The molecule has 0 unspecified atom stereocenters. The van der Waals surface area contributed by atoms with Gasteiger partial charge in [0.2, 0.25) is 0 Å². The molecule has 0 radical (unpaired) electrons. The second-order valence-corrected chi connectivity index (χ2v) is 7.70. The van der Waals surface area contributed by atoms with E-state index in [2.05, 4.69) is 5.32 Å². The summed E-state index contributed by atoms with van der Waals surface area (Å²) in [6.45, 7) is 2.06. The van der Waals surface area contributed by atoms with E-state index in [0.29, 0.717) is 11.4 Å². The molecule has 0 saturated heterocycles. The first-order chi connectivity index (χ1) is 9.92. The monoisotopic (exact) mass is 326 g/mol. The number of hydrogen-bond acceptors (Lipinski definition) is 6. The summed E-state index contributed by atoms with van der Waals surface area (Å²) < 4.78 is 23.4. The molecule has 0 amide bonds. The first kappa shape index (κ1) is 15.5. The van der Waals surface area contributed by atoms with Gasteiger partial charge in [0.15, 0.2) is 9.84 Å². The van der Waals surface area contributed by atoms with Crippen molar-refractivity contribution in [1.82, 2.24) is 0 Å². The average Bonchev–Trinajstić information content (AvgIpc) is 2.95. The van der Waals surface area contributed by atoms with Gasteiger partial charge in [-0.05, 0) is 30.3 Å². The summed E-state index contributed by atoms with van der Waals surface area (Å²) in [5.74, 6) is 0.0681. The topological polar surface area (TPSA) is 89.3 Å². The molecule has 1 N–H and O–H groups in total. The molecule has 2 aromatic rings. The summed E-state index contributed by atoms with van der Waals surface area (Å²) in [5.41, 5.74) is 0.765. The zero-order chi connectivity index (χ0) is 15.5. The fourth-order valence-corrected chi connectivity index (χ4v) is 3.34. The highest BCUT2D eigenvalue weighted by Crippen LogP contribution is 2.25. The van der Waals surface area contributed by atoms with Gasteiger partial charge >= 0.3 is 5.00 Å². The number of hydrogen-bond donors (Lipinski definition) is 1. The lowest BCUT2D eigenvalue weighted by atomic mass is 10.3. The molecule has 0 spiro atoms. The number of nitrogens with zero attached hydrogens (tertiary/aromatic N) is 1. The van der Waals surface area contributed by atoms with Gasteiger partial charge < -0.3 is 5.32 Å². The second kappa shape index (κ2) is 6.23. The smallest absolute Gasteiger partial charge is 0.324 e. The summed E-state index contributed by atoms with van der Waals surface area (Å²) in [7, 11) is -3.19. The van der Waals surface area contributed by atoms with Crippen LogP contribution in [0, 0.1) is 10.1 Å². The molecule has 0 aliphatic heterocycles. The van der Waals surface area contributed by atoms with E-state index >= 15 is 0 Å². The first-order valence-electron chi connectivity index (χ1n) is 6.22. The number of sulfone groups is 1. The standard InChI is InChI=1S/C13H14N2O4S2/c1-2-21(18,19)12-6-3-10(4-7-12)14-9-11-5-8-13(20-11)15(16)17/h3-8,14H,2,9H2,1H3. The van der Waals surface area contributed by atoms with Crippen molar-refractivity contribution in [3.8, 4) is 0 Å². The van der Waals surface area contributed by atoms with Gasteiger partial charge in [0.05, 0.1) is 15.6 Å². The van der Waals surface area contributed by atoms with Crippen molar-refractivity contribution < 1.29 is 13.3 Å². The number of rotatable bonds is 6. The van der Waals surface area contributed by atoms with Gasteiger partial charge in [-0.15, -0.1) is 0 Å². The van der Waals surface area contributed by atoms with E-state index in [-0.39, 0.29) is 10.8 Å². The van der Waals surface area contributed by atoms with Crippen molar-refractivity contribution in [1.29, 1.82) is 0 Å². The molecular weight excluding hydrogens is 312 g/mol. The maximum Gasteiger partial charge on any atom is 0.324 e. The largest absolute Gasteiger partial charge is 0.380 e. The van der Waals surface area contributed by atoms with E-state index < -0.39 is 14.8 Å². The number of nitrogens with one attached hydrogen (secondary N) is 1. The fourth-order valence-electron chi connectivity index (χ4n) is 1.70. The summed E-state index contributed by atoms with van der Waals surface area (Å²) >= 11 is 1.11. The minimum Gasteiger partial charge on any atom is -0.380 e. The number of benzene rings is 1. The molecule has 1 heterocycles. The quantitative estimate of drug-likeness (QED) is 0.651. The van der Waals surface area contributed by atoms with Crippen molar-refractivity contribution >= 4 is 31.9 Å². The molecule has 1 aromatic heterocycles.